The van der Waals surface area contributed by atoms with Crippen LogP contribution in [0.2, 0.25) is 0 Å². The third-order valence-electron chi connectivity index (χ3n) is 4.89. The Morgan fingerprint density at radius 2 is 2.00 bits per heavy atom. The summed E-state index contributed by atoms with van der Waals surface area (Å²) in [6.07, 6.45) is 6.31. The quantitative estimate of drug-likeness (QED) is 0.917. The molecule has 1 aliphatic heterocycles. The molecule has 25 heavy (non-hydrogen) atoms. The van der Waals surface area contributed by atoms with Crippen LogP contribution in [0.5, 0.6) is 0 Å². The lowest BCUT2D eigenvalue weighted by atomic mass is 9.96. The summed E-state index contributed by atoms with van der Waals surface area (Å²) >= 11 is 0. The number of carbonyl (C=O) groups is 1. The molecule has 0 radical (unpaired) electrons. The van der Waals surface area contributed by atoms with Crippen molar-refractivity contribution < 1.29 is 9.32 Å². The van der Waals surface area contributed by atoms with Crippen LogP contribution in [0.1, 0.15) is 59.0 Å². The molecule has 7 nitrogen and oxygen atoms in total. The van der Waals surface area contributed by atoms with Crippen molar-refractivity contribution >= 4 is 11.7 Å². The fourth-order valence-corrected chi connectivity index (χ4v) is 3.61. The highest BCUT2D eigenvalue weighted by Crippen LogP contribution is 2.24. The Labute approximate surface area is 146 Å². The van der Waals surface area contributed by atoms with Crippen molar-refractivity contribution in [3.05, 3.63) is 34.6 Å². The van der Waals surface area contributed by atoms with Crippen LogP contribution in [0, 0.1) is 6.92 Å². The molecular weight excluding hydrogens is 318 g/mol. The van der Waals surface area contributed by atoms with Gasteiger partial charge in [-0.25, -0.2) is 9.97 Å². The maximum absolute atomic E-state index is 12.5. The van der Waals surface area contributed by atoms with Gasteiger partial charge in [-0.2, -0.15) is 0 Å². The third kappa shape index (κ3) is 3.36. The minimum absolute atomic E-state index is 0.209. The minimum Gasteiger partial charge on any atom is -0.360 e. The van der Waals surface area contributed by atoms with E-state index in [9.17, 15) is 4.79 Å². The van der Waals surface area contributed by atoms with Crippen LogP contribution in [0.4, 0.5) is 5.82 Å². The largest absolute Gasteiger partial charge is 0.360 e. The molecule has 4 rings (SSSR count). The van der Waals surface area contributed by atoms with Crippen molar-refractivity contribution in [1.29, 1.82) is 0 Å². The van der Waals surface area contributed by atoms with E-state index in [4.69, 9.17) is 4.52 Å². The van der Waals surface area contributed by atoms with Crippen molar-refractivity contribution in [1.82, 2.24) is 20.4 Å². The van der Waals surface area contributed by atoms with Crippen molar-refractivity contribution in [2.45, 2.75) is 52.0 Å². The Morgan fingerprint density at radius 3 is 2.84 bits per heavy atom. The van der Waals surface area contributed by atoms with E-state index in [1.807, 2.05) is 13.0 Å². The van der Waals surface area contributed by atoms with Gasteiger partial charge in [0.05, 0.1) is 6.54 Å². The monoisotopic (exact) mass is 341 g/mol. The van der Waals surface area contributed by atoms with Crippen molar-refractivity contribution in [2.24, 2.45) is 0 Å². The first-order valence-corrected chi connectivity index (χ1v) is 9.06. The molecule has 7 heteroatoms. The lowest BCUT2D eigenvalue weighted by molar-refractivity contribution is 0.0940. The van der Waals surface area contributed by atoms with Gasteiger partial charge in [0.2, 0.25) is 0 Å². The molecule has 2 aliphatic rings. The van der Waals surface area contributed by atoms with Gasteiger partial charge < -0.3 is 14.7 Å². The fraction of sp³-hybridized carbons (Fsp3) is 0.556. The number of amides is 1. The van der Waals surface area contributed by atoms with Crippen LogP contribution in [-0.2, 0) is 19.4 Å². The van der Waals surface area contributed by atoms with E-state index in [0.717, 1.165) is 61.6 Å². The highest BCUT2D eigenvalue weighted by molar-refractivity contribution is 5.93. The first-order chi connectivity index (χ1) is 12.2. The molecule has 0 spiro atoms. The van der Waals surface area contributed by atoms with Crippen LogP contribution in [0.25, 0.3) is 0 Å². The molecule has 1 saturated heterocycles. The number of nitrogens with zero attached hydrogens (tertiary/aromatic N) is 4. The van der Waals surface area contributed by atoms with Crippen LogP contribution in [-0.4, -0.2) is 34.1 Å². The van der Waals surface area contributed by atoms with Crippen molar-refractivity contribution in [2.75, 3.05) is 18.0 Å². The normalized spacial score (nSPS) is 16.8. The summed E-state index contributed by atoms with van der Waals surface area (Å²) in [7, 11) is 0. The van der Waals surface area contributed by atoms with Gasteiger partial charge in [0.15, 0.2) is 5.69 Å². The number of aryl methyl sites for hydroxylation is 2. The van der Waals surface area contributed by atoms with Crippen LogP contribution < -0.4 is 10.2 Å². The van der Waals surface area contributed by atoms with Gasteiger partial charge >= 0.3 is 0 Å². The van der Waals surface area contributed by atoms with E-state index in [1.54, 1.807) is 0 Å². The number of rotatable bonds is 4. The molecule has 1 aliphatic carbocycles. The molecule has 1 N–H and O–H groups in total. The zero-order chi connectivity index (χ0) is 17.2. The molecular formula is C18H23N5O2. The Hall–Kier alpha value is -2.44. The van der Waals surface area contributed by atoms with E-state index >= 15 is 0 Å². The smallest absolute Gasteiger partial charge is 0.274 e. The molecule has 2 aromatic rings. The molecule has 0 aromatic carbocycles. The Bertz CT molecular complexity index is 780. The number of carbonyl (C=O) groups excluding carboxylic acids is 1. The van der Waals surface area contributed by atoms with E-state index in [-0.39, 0.29) is 5.91 Å². The number of hydrogen-bond acceptors (Lipinski definition) is 6. The van der Waals surface area contributed by atoms with Gasteiger partial charge in [-0.15, -0.1) is 0 Å². The molecule has 0 atom stereocenters. The van der Waals surface area contributed by atoms with Crippen LogP contribution >= 0.6 is 0 Å². The number of fused-ring (bicyclic) bond motifs is 1. The predicted octanol–water partition coefficient (Wildman–Crippen LogP) is 2.18. The third-order valence-corrected chi connectivity index (χ3v) is 4.89. The highest BCUT2D eigenvalue weighted by atomic mass is 16.5. The molecule has 1 fully saturated rings. The average Bonchev–Trinajstić information content (AvgIpc) is 3.29. The lowest BCUT2D eigenvalue weighted by Crippen LogP contribution is -2.27. The zero-order valence-electron chi connectivity index (χ0n) is 14.5. The summed E-state index contributed by atoms with van der Waals surface area (Å²) in [5.41, 5.74) is 2.30. The van der Waals surface area contributed by atoms with Gasteiger partial charge in [0.25, 0.3) is 5.91 Å². The Kier molecular flexibility index (Phi) is 4.38. The highest BCUT2D eigenvalue weighted by Gasteiger charge is 2.24. The summed E-state index contributed by atoms with van der Waals surface area (Å²) in [6, 6.07) is 2.00. The topological polar surface area (TPSA) is 84.2 Å². The van der Waals surface area contributed by atoms with E-state index < -0.39 is 0 Å². The zero-order valence-corrected chi connectivity index (χ0v) is 14.5. The number of anilines is 1. The standard InChI is InChI=1S/C18H23N5O2/c1-12-10-16(23-8-4-5-9-23)21-15(20-12)11-19-18(24)17-13-6-2-3-7-14(13)25-22-17/h10H,2-9,11H2,1H3,(H,19,24). The van der Waals surface area contributed by atoms with Gasteiger partial charge in [-0.1, -0.05) is 5.16 Å². The summed E-state index contributed by atoms with van der Waals surface area (Å²) in [5.74, 6) is 2.24. The maximum Gasteiger partial charge on any atom is 0.274 e. The number of nitrogens with one attached hydrogen (secondary N) is 1. The van der Waals surface area contributed by atoms with Gasteiger partial charge in [-0.05, 0) is 39.0 Å². The summed E-state index contributed by atoms with van der Waals surface area (Å²) in [4.78, 5) is 23.8. The van der Waals surface area contributed by atoms with Gasteiger partial charge in [-0.3, -0.25) is 4.79 Å². The predicted molar refractivity (Wildman–Crippen MR) is 92.5 cm³/mol. The summed E-state index contributed by atoms with van der Waals surface area (Å²) in [6.45, 7) is 4.32. The second kappa shape index (κ2) is 6.82. The first-order valence-electron chi connectivity index (χ1n) is 9.06. The number of hydrogen-bond donors (Lipinski definition) is 1. The van der Waals surface area contributed by atoms with E-state index in [0.29, 0.717) is 18.1 Å². The molecule has 132 valence electrons. The van der Waals surface area contributed by atoms with Gasteiger partial charge in [0, 0.05) is 36.8 Å². The molecule has 1 amide bonds. The van der Waals surface area contributed by atoms with E-state index in [2.05, 4.69) is 25.3 Å². The molecule has 0 bridgehead atoms. The molecule has 2 aromatic heterocycles. The second-order valence-electron chi connectivity index (χ2n) is 6.80. The molecule has 0 unspecified atom stereocenters. The van der Waals surface area contributed by atoms with E-state index in [1.165, 1.54) is 12.8 Å². The maximum atomic E-state index is 12.5. The second-order valence-corrected chi connectivity index (χ2v) is 6.80. The molecule has 0 saturated carbocycles. The molecule has 3 heterocycles. The first kappa shape index (κ1) is 16.1. The lowest BCUT2D eigenvalue weighted by Gasteiger charge is -2.17. The average molecular weight is 341 g/mol. The minimum atomic E-state index is -0.209. The van der Waals surface area contributed by atoms with Crippen molar-refractivity contribution in [3.8, 4) is 0 Å². The SMILES string of the molecule is Cc1cc(N2CCCC2)nc(CNC(=O)c2noc3c2CCCC3)n1. The van der Waals surface area contributed by atoms with Crippen LogP contribution in [0.15, 0.2) is 10.6 Å². The van der Waals surface area contributed by atoms with Gasteiger partial charge in [0.1, 0.15) is 17.4 Å². The van der Waals surface area contributed by atoms with Crippen molar-refractivity contribution in [3.63, 3.8) is 0 Å². The summed E-state index contributed by atoms with van der Waals surface area (Å²) < 4.78 is 5.32. The Morgan fingerprint density at radius 1 is 1.20 bits per heavy atom. The van der Waals surface area contributed by atoms with Crippen LogP contribution in [0.3, 0.4) is 0 Å². The Balaban J connectivity index is 1.46. The fourth-order valence-electron chi connectivity index (χ4n) is 3.61. The summed E-state index contributed by atoms with van der Waals surface area (Å²) in [5, 5.41) is 6.86. The number of aromatic nitrogens is 3.